The minimum absolute atomic E-state index is 0.165. The van der Waals surface area contributed by atoms with Gasteiger partial charge in [0.05, 0.1) is 5.69 Å². The maximum absolute atomic E-state index is 14.6. The number of halogens is 2. The number of nitrogens with zero attached hydrogens (tertiary/aromatic N) is 4. The zero-order valence-corrected chi connectivity index (χ0v) is 19.2. The summed E-state index contributed by atoms with van der Waals surface area (Å²) in [6.45, 7) is 1.36. The van der Waals surface area contributed by atoms with Gasteiger partial charge < -0.3 is 10.4 Å². The monoisotopic (exact) mass is 500 g/mol. The maximum Gasteiger partial charge on any atom is 0.410 e. The molecule has 2 aromatic carbocycles. The minimum atomic E-state index is -1.22. The summed E-state index contributed by atoms with van der Waals surface area (Å²) in [7, 11) is 0. The molecule has 3 aromatic heterocycles. The van der Waals surface area contributed by atoms with Crippen LogP contribution in [0.4, 0.5) is 25.1 Å². The van der Waals surface area contributed by atoms with Crippen molar-refractivity contribution in [2.75, 3.05) is 10.6 Å². The molecule has 3 N–H and O–H groups in total. The fraction of sp³-hybridized carbons (Fsp3) is 0.0385. The van der Waals surface area contributed by atoms with Crippen LogP contribution in [0.3, 0.4) is 0 Å². The third-order valence-electron chi connectivity index (χ3n) is 5.47. The van der Waals surface area contributed by atoms with Crippen LogP contribution in [0.15, 0.2) is 73.3 Å². The number of anilines is 2. The van der Waals surface area contributed by atoms with Crippen LogP contribution in [-0.2, 0) is 4.79 Å². The number of benzene rings is 2. The highest BCUT2D eigenvalue weighted by atomic mass is 19.1. The summed E-state index contributed by atoms with van der Waals surface area (Å²) < 4.78 is 29.7. The van der Waals surface area contributed by atoms with Gasteiger partial charge in [-0.1, -0.05) is 0 Å². The van der Waals surface area contributed by atoms with E-state index in [0.29, 0.717) is 39.2 Å². The average Bonchev–Trinajstić information content (AvgIpc) is 3.26. The largest absolute Gasteiger partial charge is 0.465 e. The Kier molecular flexibility index (Phi) is 6.02. The van der Waals surface area contributed by atoms with Gasteiger partial charge in [-0.3, -0.25) is 14.7 Å². The van der Waals surface area contributed by atoms with Crippen molar-refractivity contribution in [2.24, 2.45) is 0 Å². The van der Waals surface area contributed by atoms with Crippen molar-refractivity contribution in [2.45, 2.75) is 6.92 Å². The number of carbonyl (C=O) groups is 2. The smallest absolute Gasteiger partial charge is 0.410 e. The number of hydrogen-bond donors (Lipinski definition) is 3. The van der Waals surface area contributed by atoms with Gasteiger partial charge in [0.1, 0.15) is 29.3 Å². The highest BCUT2D eigenvalue weighted by Gasteiger charge is 2.14. The molecule has 0 radical (unpaired) electrons. The lowest BCUT2D eigenvalue weighted by Gasteiger charge is -2.12. The van der Waals surface area contributed by atoms with Crippen molar-refractivity contribution in [3.63, 3.8) is 0 Å². The van der Waals surface area contributed by atoms with Gasteiger partial charge in [-0.15, -0.1) is 0 Å². The Morgan fingerprint density at radius 3 is 2.49 bits per heavy atom. The van der Waals surface area contributed by atoms with E-state index in [1.807, 2.05) is 0 Å². The lowest BCUT2D eigenvalue weighted by Crippen LogP contribution is -2.08. The van der Waals surface area contributed by atoms with Crippen molar-refractivity contribution < 1.29 is 23.5 Å². The molecule has 0 atom stereocenters. The minimum Gasteiger partial charge on any atom is -0.465 e. The molecule has 184 valence electrons. The molecule has 0 unspecified atom stereocenters. The summed E-state index contributed by atoms with van der Waals surface area (Å²) in [6, 6.07) is 13.3. The zero-order chi connectivity index (χ0) is 26.1. The van der Waals surface area contributed by atoms with Gasteiger partial charge in [0.2, 0.25) is 5.91 Å². The van der Waals surface area contributed by atoms with Gasteiger partial charge >= 0.3 is 6.09 Å². The molecule has 5 rings (SSSR count). The Morgan fingerprint density at radius 2 is 1.73 bits per heavy atom. The number of amides is 2. The quantitative estimate of drug-likeness (QED) is 0.294. The third kappa shape index (κ3) is 4.96. The topological polar surface area (TPSA) is 122 Å². The third-order valence-corrected chi connectivity index (χ3v) is 5.47. The number of aromatic nitrogens is 4. The number of hydrogen-bond acceptors (Lipinski definition) is 5. The van der Waals surface area contributed by atoms with Crippen molar-refractivity contribution in [1.82, 2.24) is 19.5 Å². The van der Waals surface area contributed by atoms with Crippen LogP contribution in [-0.4, -0.2) is 36.6 Å². The van der Waals surface area contributed by atoms with E-state index >= 15 is 0 Å². The summed E-state index contributed by atoms with van der Waals surface area (Å²) in [4.78, 5) is 35.6. The van der Waals surface area contributed by atoms with Crippen molar-refractivity contribution >= 4 is 34.7 Å². The first-order chi connectivity index (χ1) is 17.8. The van der Waals surface area contributed by atoms with Gasteiger partial charge in [0.25, 0.3) is 0 Å². The summed E-state index contributed by atoms with van der Waals surface area (Å²) in [6.07, 6.45) is 3.41. The van der Waals surface area contributed by atoms with E-state index in [2.05, 4.69) is 25.6 Å². The second kappa shape index (κ2) is 9.46. The van der Waals surface area contributed by atoms with Crippen LogP contribution < -0.4 is 10.6 Å². The predicted octanol–water partition coefficient (Wildman–Crippen LogP) is 5.48. The molecule has 9 nitrogen and oxygen atoms in total. The molecule has 0 aliphatic rings. The number of pyridine rings is 2. The zero-order valence-electron chi connectivity index (χ0n) is 19.2. The Balaban J connectivity index is 1.58. The van der Waals surface area contributed by atoms with Crippen LogP contribution >= 0.6 is 0 Å². The van der Waals surface area contributed by atoms with E-state index in [4.69, 9.17) is 5.11 Å². The van der Waals surface area contributed by atoms with Crippen molar-refractivity contribution in [3.05, 3.63) is 85.0 Å². The molecule has 0 spiro atoms. The first kappa shape index (κ1) is 23.5. The van der Waals surface area contributed by atoms with Crippen LogP contribution in [0.5, 0.6) is 0 Å². The number of carboxylic acid groups (broad SMARTS) is 1. The lowest BCUT2D eigenvalue weighted by atomic mass is 10.0. The second-order valence-electron chi connectivity index (χ2n) is 8.12. The average molecular weight is 500 g/mol. The molecular weight excluding hydrogens is 482 g/mol. The van der Waals surface area contributed by atoms with Crippen molar-refractivity contribution in [3.8, 4) is 27.9 Å². The van der Waals surface area contributed by atoms with Gasteiger partial charge in [-0.2, -0.15) is 0 Å². The molecule has 11 heteroatoms. The predicted molar refractivity (Wildman–Crippen MR) is 133 cm³/mol. The van der Waals surface area contributed by atoms with E-state index in [1.54, 1.807) is 53.5 Å². The van der Waals surface area contributed by atoms with Gasteiger partial charge in [-0.25, -0.2) is 28.5 Å². The SMILES string of the molecule is CC(=O)Nc1cc(-c2ccc(F)cc2F)cc(-n2cnc3cc(-c4ccnc(NC(=O)O)c4)cnc32)c1. The maximum atomic E-state index is 14.6. The number of rotatable bonds is 5. The molecule has 0 saturated heterocycles. The fourth-order valence-corrected chi connectivity index (χ4v) is 3.94. The molecule has 0 aliphatic carbocycles. The Morgan fingerprint density at radius 1 is 0.892 bits per heavy atom. The molecule has 3 heterocycles. The molecular formula is C26H18F2N6O3. The highest BCUT2D eigenvalue weighted by molar-refractivity contribution is 5.91. The summed E-state index contributed by atoms with van der Waals surface area (Å²) in [5, 5.41) is 13.8. The molecule has 0 aliphatic heterocycles. The lowest BCUT2D eigenvalue weighted by molar-refractivity contribution is -0.114. The number of carbonyl (C=O) groups excluding carboxylic acids is 1. The van der Waals surface area contributed by atoms with Crippen LogP contribution in [0.25, 0.3) is 39.1 Å². The molecule has 0 fully saturated rings. The number of fused-ring (bicyclic) bond motifs is 1. The van der Waals surface area contributed by atoms with Gasteiger partial charge in [-0.05, 0) is 59.7 Å². The van der Waals surface area contributed by atoms with E-state index in [-0.39, 0.29) is 17.3 Å². The van der Waals surface area contributed by atoms with E-state index in [1.165, 1.54) is 19.2 Å². The molecule has 5 aromatic rings. The Labute approximate surface area is 208 Å². The normalized spacial score (nSPS) is 10.9. The second-order valence-corrected chi connectivity index (χ2v) is 8.12. The highest BCUT2D eigenvalue weighted by Crippen LogP contribution is 2.31. The first-order valence-corrected chi connectivity index (χ1v) is 10.9. The number of imidazole rings is 1. The fourth-order valence-electron chi connectivity index (χ4n) is 3.94. The summed E-state index contributed by atoms with van der Waals surface area (Å²) in [5.74, 6) is -1.57. The van der Waals surface area contributed by atoms with Crippen LogP contribution in [0.2, 0.25) is 0 Å². The summed E-state index contributed by atoms with van der Waals surface area (Å²) >= 11 is 0. The number of nitrogens with one attached hydrogen (secondary N) is 2. The Hall–Kier alpha value is -5.19. The molecule has 2 amide bonds. The molecule has 0 bridgehead atoms. The van der Waals surface area contributed by atoms with E-state index in [0.717, 1.165) is 12.1 Å². The van der Waals surface area contributed by atoms with Crippen molar-refractivity contribution in [1.29, 1.82) is 0 Å². The van der Waals surface area contributed by atoms with E-state index in [9.17, 15) is 18.4 Å². The molecule has 0 saturated carbocycles. The van der Waals surface area contributed by atoms with E-state index < -0.39 is 17.7 Å². The standard InChI is InChI=1S/C26H18F2N6O3/c1-14(35)32-19-6-16(21-3-2-18(27)10-22(21)28)7-20(11-19)34-13-31-23-8-17(12-30-25(23)34)15-4-5-29-24(9-15)33-26(36)37/h2-13H,1H3,(H,29,33)(H,32,35)(H,36,37). The van der Waals surface area contributed by atoms with Gasteiger partial charge in [0, 0.05) is 42.2 Å². The first-order valence-electron chi connectivity index (χ1n) is 10.9. The van der Waals surface area contributed by atoms with Crippen LogP contribution in [0, 0.1) is 11.6 Å². The Bertz CT molecular complexity index is 1680. The molecule has 37 heavy (non-hydrogen) atoms. The van der Waals surface area contributed by atoms with Gasteiger partial charge in [0.15, 0.2) is 5.65 Å². The summed E-state index contributed by atoms with van der Waals surface area (Å²) in [5.41, 5.74) is 3.96. The van der Waals surface area contributed by atoms with Crippen LogP contribution in [0.1, 0.15) is 6.92 Å².